The second-order valence-electron chi connectivity index (χ2n) is 3.71. The first-order valence-corrected chi connectivity index (χ1v) is 5.88. The summed E-state index contributed by atoms with van der Waals surface area (Å²) in [5, 5.41) is 5.50. The Balaban J connectivity index is 1.91. The molecule has 15 heavy (non-hydrogen) atoms. The van der Waals surface area contributed by atoms with Crippen LogP contribution in [0, 0.1) is 5.92 Å². The number of amides is 2. The van der Waals surface area contributed by atoms with Gasteiger partial charge in [0.15, 0.2) is 0 Å². The molecule has 0 aromatic heterocycles. The van der Waals surface area contributed by atoms with Crippen molar-refractivity contribution in [3.8, 4) is 0 Å². The second kappa shape index (κ2) is 6.67. The van der Waals surface area contributed by atoms with Gasteiger partial charge in [-0.15, -0.1) is 11.6 Å². The summed E-state index contributed by atoms with van der Waals surface area (Å²) in [6, 6.07) is 0. The van der Waals surface area contributed by atoms with Gasteiger partial charge in [-0.3, -0.25) is 9.59 Å². The highest BCUT2D eigenvalue weighted by Gasteiger charge is 2.28. The van der Waals surface area contributed by atoms with Crippen LogP contribution in [0.4, 0.5) is 0 Å². The van der Waals surface area contributed by atoms with Gasteiger partial charge in [-0.25, -0.2) is 0 Å². The Morgan fingerprint density at radius 1 is 1.20 bits per heavy atom. The minimum absolute atomic E-state index is 0.00341. The summed E-state index contributed by atoms with van der Waals surface area (Å²) in [5.41, 5.74) is 0. The van der Waals surface area contributed by atoms with Gasteiger partial charge in [0.05, 0.1) is 0 Å². The third-order valence-corrected chi connectivity index (χ3v) is 2.50. The molecule has 0 saturated heterocycles. The summed E-state index contributed by atoms with van der Waals surface area (Å²) in [5.74, 6) is 0.851. The minimum Gasteiger partial charge on any atom is -0.354 e. The van der Waals surface area contributed by atoms with E-state index in [4.69, 9.17) is 11.6 Å². The lowest BCUT2D eigenvalue weighted by atomic mass is 10.3. The van der Waals surface area contributed by atoms with Crippen LogP contribution in [0.25, 0.3) is 0 Å². The van der Waals surface area contributed by atoms with E-state index in [0.29, 0.717) is 31.8 Å². The average Bonchev–Trinajstić information content (AvgIpc) is 3.04. The maximum absolute atomic E-state index is 11.2. The summed E-state index contributed by atoms with van der Waals surface area (Å²) in [4.78, 5) is 22.3. The molecule has 0 bridgehead atoms. The third-order valence-electron chi connectivity index (χ3n) is 2.23. The fourth-order valence-electron chi connectivity index (χ4n) is 1.19. The van der Waals surface area contributed by atoms with E-state index in [1.165, 1.54) is 0 Å². The Bertz CT molecular complexity index is 229. The second-order valence-corrected chi connectivity index (χ2v) is 4.09. The Labute approximate surface area is 94.7 Å². The molecule has 0 radical (unpaired) electrons. The molecule has 2 amide bonds. The van der Waals surface area contributed by atoms with Crippen molar-refractivity contribution in [2.24, 2.45) is 5.92 Å². The maximum Gasteiger partial charge on any atom is 0.223 e. The first-order valence-electron chi connectivity index (χ1n) is 5.34. The maximum atomic E-state index is 11.2. The highest BCUT2D eigenvalue weighted by atomic mass is 35.5. The van der Waals surface area contributed by atoms with Crippen LogP contribution >= 0.6 is 11.6 Å². The van der Waals surface area contributed by atoms with Crippen LogP contribution in [0.15, 0.2) is 0 Å². The molecular weight excluding hydrogens is 216 g/mol. The lowest BCUT2D eigenvalue weighted by Crippen LogP contribution is -2.35. The summed E-state index contributed by atoms with van der Waals surface area (Å²) < 4.78 is 0. The average molecular weight is 233 g/mol. The third kappa shape index (κ3) is 5.62. The number of rotatable bonds is 7. The minimum atomic E-state index is -0.00341. The van der Waals surface area contributed by atoms with E-state index in [2.05, 4.69) is 10.6 Å². The topological polar surface area (TPSA) is 58.2 Å². The van der Waals surface area contributed by atoms with Crippen LogP contribution in [0.5, 0.6) is 0 Å². The molecule has 0 unspecified atom stereocenters. The zero-order chi connectivity index (χ0) is 11.1. The molecule has 0 spiro atoms. The number of hydrogen-bond acceptors (Lipinski definition) is 2. The van der Waals surface area contributed by atoms with E-state index in [1.54, 1.807) is 0 Å². The molecule has 0 aromatic carbocycles. The Morgan fingerprint density at radius 2 is 1.87 bits per heavy atom. The Hall–Kier alpha value is -0.770. The van der Waals surface area contributed by atoms with Crippen LogP contribution in [-0.4, -0.2) is 30.8 Å². The fraction of sp³-hybridized carbons (Fsp3) is 0.800. The molecule has 4 nitrogen and oxygen atoms in total. The van der Waals surface area contributed by atoms with Crippen LogP contribution in [0.2, 0.25) is 0 Å². The highest BCUT2D eigenvalue weighted by molar-refractivity contribution is 6.17. The van der Waals surface area contributed by atoms with Crippen molar-refractivity contribution in [2.75, 3.05) is 19.0 Å². The number of hydrogen-bond donors (Lipinski definition) is 2. The lowest BCUT2D eigenvalue weighted by molar-refractivity contribution is -0.123. The molecule has 86 valence electrons. The van der Waals surface area contributed by atoms with Gasteiger partial charge in [0.1, 0.15) is 0 Å². The van der Waals surface area contributed by atoms with Gasteiger partial charge >= 0.3 is 0 Å². The van der Waals surface area contributed by atoms with Crippen LogP contribution in [0.1, 0.15) is 25.7 Å². The fourth-order valence-corrected chi connectivity index (χ4v) is 1.33. The quantitative estimate of drug-likeness (QED) is 0.500. The van der Waals surface area contributed by atoms with E-state index in [9.17, 15) is 9.59 Å². The Kier molecular flexibility index (Phi) is 5.47. The van der Waals surface area contributed by atoms with Crippen molar-refractivity contribution in [1.82, 2.24) is 10.6 Å². The predicted molar refractivity (Wildman–Crippen MR) is 58.7 cm³/mol. The molecule has 5 heteroatoms. The number of carbonyl (C=O) groups excluding carboxylic acids is 2. The first-order chi connectivity index (χ1) is 7.24. The first kappa shape index (κ1) is 12.3. The number of carbonyl (C=O) groups is 2. The van der Waals surface area contributed by atoms with Gasteiger partial charge < -0.3 is 10.6 Å². The molecule has 1 aliphatic carbocycles. The van der Waals surface area contributed by atoms with Crippen LogP contribution in [-0.2, 0) is 9.59 Å². The smallest absolute Gasteiger partial charge is 0.223 e. The van der Waals surface area contributed by atoms with Gasteiger partial charge in [0, 0.05) is 31.3 Å². The number of halogens is 1. The molecule has 1 fully saturated rings. The lowest BCUT2D eigenvalue weighted by Gasteiger charge is -2.05. The number of alkyl halides is 1. The van der Waals surface area contributed by atoms with Crippen molar-refractivity contribution in [2.45, 2.75) is 25.7 Å². The molecule has 0 aliphatic heterocycles. The predicted octanol–water partition coefficient (Wildman–Crippen LogP) is 0.648. The van der Waals surface area contributed by atoms with E-state index in [-0.39, 0.29) is 17.7 Å². The standard InChI is InChI=1S/C10H17ClN2O2/c11-5-1-2-9(14)12-6-7-13-10(15)8-3-4-8/h8H,1-7H2,(H,12,14)(H,13,15). The summed E-state index contributed by atoms with van der Waals surface area (Å²) >= 11 is 5.45. The normalized spacial score (nSPS) is 14.7. The molecule has 2 N–H and O–H groups in total. The zero-order valence-electron chi connectivity index (χ0n) is 8.72. The largest absolute Gasteiger partial charge is 0.354 e. The van der Waals surface area contributed by atoms with Crippen molar-refractivity contribution in [1.29, 1.82) is 0 Å². The van der Waals surface area contributed by atoms with Gasteiger partial charge in [-0.1, -0.05) is 0 Å². The van der Waals surface area contributed by atoms with Gasteiger partial charge in [-0.05, 0) is 19.3 Å². The van der Waals surface area contributed by atoms with Crippen molar-refractivity contribution < 1.29 is 9.59 Å². The summed E-state index contributed by atoms with van der Waals surface area (Å²) in [7, 11) is 0. The number of nitrogens with one attached hydrogen (secondary N) is 2. The highest BCUT2D eigenvalue weighted by Crippen LogP contribution is 2.28. The molecule has 0 atom stereocenters. The van der Waals surface area contributed by atoms with Crippen molar-refractivity contribution in [3.05, 3.63) is 0 Å². The molecule has 1 aliphatic rings. The zero-order valence-corrected chi connectivity index (χ0v) is 9.48. The van der Waals surface area contributed by atoms with Crippen LogP contribution < -0.4 is 10.6 Å². The van der Waals surface area contributed by atoms with Gasteiger partial charge in [0.25, 0.3) is 0 Å². The van der Waals surface area contributed by atoms with Crippen molar-refractivity contribution >= 4 is 23.4 Å². The Morgan fingerprint density at radius 3 is 2.47 bits per heavy atom. The van der Waals surface area contributed by atoms with E-state index in [0.717, 1.165) is 12.8 Å². The van der Waals surface area contributed by atoms with E-state index < -0.39 is 0 Å². The van der Waals surface area contributed by atoms with E-state index >= 15 is 0 Å². The summed E-state index contributed by atoms with van der Waals surface area (Å²) in [6.07, 6.45) is 3.17. The van der Waals surface area contributed by atoms with E-state index in [1.807, 2.05) is 0 Å². The van der Waals surface area contributed by atoms with Gasteiger partial charge in [-0.2, -0.15) is 0 Å². The molecular formula is C10H17ClN2O2. The summed E-state index contributed by atoms with van der Waals surface area (Å²) in [6.45, 7) is 1.02. The van der Waals surface area contributed by atoms with Crippen LogP contribution in [0.3, 0.4) is 0 Å². The van der Waals surface area contributed by atoms with Crippen molar-refractivity contribution in [3.63, 3.8) is 0 Å². The monoisotopic (exact) mass is 232 g/mol. The molecule has 1 rings (SSSR count). The SMILES string of the molecule is O=C(CCCCl)NCCNC(=O)C1CC1. The molecule has 0 aromatic rings. The molecule has 0 heterocycles. The molecule has 1 saturated carbocycles. The van der Waals surface area contributed by atoms with Gasteiger partial charge in [0.2, 0.25) is 11.8 Å².